The lowest BCUT2D eigenvalue weighted by Gasteiger charge is -2.11. The third-order valence-electron chi connectivity index (χ3n) is 1.58. The highest BCUT2D eigenvalue weighted by molar-refractivity contribution is 5.91. The fourth-order valence-corrected chi connectivity index (χ4v) is 0.964. The average Bonchev–Trinajstić information content (AvgIpc) is 2.18. The van der Waals surface area contributed by atoms with Gasteiger partial charge in [0, 0.05) is 6.07 Å². The first kappa shape index (κ1) is 12.6. The summed E-state index contributed by atoms with van der Waals surface area (Å²) in [5, 5.41) is 17.2. The summed E-state index contributed by atoms with van der Waals surface area (Å²) in [6.07, 6.45) is -5.03. The second kappa shape index (κ2) is 4.17. The third-order valence-corrected chi connectivity index (χ3v) is 1.58. The minimum absolute atomic E-state index is 0.497. The minimum atomic E-state index is -5.03. The first-order valence-corrected chi connectivity index (χ1v) is 3.94. The molecule has 9 heteroatoms. The van der Waals surface area contributed by atoms with Gasteiger partial charge in [0.2, 0.25) is 0 Å². The molecule has 0 aliphatic heterocycles. The van der Waals surface area contributed by atoms with Crippen molar-refractivity contribution >= 4 is 11.8 Å². The number of anilines is 1. The third kappa shape index (κ3) is 2.97. The summed E-state index contributed by atoms with van der Waals surface area (Å²) in [6.45, 7) is 0. The molecule has 0 fully saturated rings. The molecule has 0 saturated carbocycles. The molecular weight excluding hydrogens is 243 g/mol. The summed E-state index contributed by atoms with van der Waals surface area (Å²) in [6, 6.07) is 1.90. The van der Waals surface area contributed by atoms with E-state index in [-0.39, 0.29) is 0 Å². The highest BCUT2D eigenvalue weighted by Gasteiger charge is 2.33. The van der Waals surface area contributed by atoms with E-state index in [0.29, 0.717) is 6.07 Å². The summed E-state index contributed by atoms with van der Waals surface area (Å²) in [5.74, 6) is -3.29. The number of aromatic carboxylic acids is 1. The summed E-state index contributed by atoms with van der Waals surface area (Å²) >= 11 is 0. The Labute approximate surface area is 92.0 Å². The number of rotatable bonds is 2. The van der Waals surface area contributed by atoms with Crippen molar-refractivity contribution in [1.82, 2.24) is 4.98 Å². The predicted octanol–water partition coefficient (Wildman–Crippen LogP) is 1.13. The molecule has 1 rings (SSSR count). The van der Waals surface area contributed by atoms with E-state index in [9.17, 15) is 18.0 Å². The number of ether oxygens (including phenoxy) is 1. The van der Waals surface area contributed by atoms with E-state index in [4.69, 9.17) is 16.1 Å². The second-order valence-corrected chi connectivity index (χ2v) is 2.73. The largest absolute Gasteiger partial charge is 0.573 e. The molecule has 0 aliphatic rings. The number of carboxylic acid groups (broad SMARTS) is 1. The summed E-state index contributed by atoms with van der Waals surface area (Å²) in [4.78, 5) is 13.8. The van der Waals surface area contributed by atoms with Crippen molar-refractivity contribution in [3.8, 4) is 11.8 Å². The normalized spacial score (nSPS) is 10.7. The van der Waals surface area contributed by atoms with E-state index in [0.717, 1.165) is 0 Å². The number of hydrogen-bond acceptors (Lipinski definition) is 5. The Morgan fingerprint density at radius 2 is 2.18 bits per heavy atom. The molecule has 17 heavy (non-hydrogen) atoms. The van der Waals surface area contributed by atoms with E-state index >= 15 is 0 Å². The first-order valence-electron chi connectivity index (χ1n) is 3.94. The molecular formula is C8H4F3N3O3. The Hall–Kier alpha value is -2.50. The maximum atomic E-state index is 11.9. The SMILES string of the molecule is N#Cc1nc(N)c(OC(F)(F)F)cc1C(=O)O. The van der Waals surface area contributed by atoms with Gasteiger partial charge in [-0.15, -0.1) is 13.2 Å². The number of nitrogens with zero attached hydrogens (tertiary/aromatic N) is 2. The molecule has 0 unspecified atom stereocenters. The lowest BCUT2D eigenvalue weighted by Crippen LogP contribution is -2.19. The smallest absolute Gasteiger partial charge is 0.478 e. The molecule has 3 N–H and O–H groups in total. The average molecular weight is 247 g/mol. The molecule has 90 valence electrons. The van der Waals surface area contributed by atoms with E-state index in [1.807, 2.05) is 0 Å². The van der Waals surface area contributed by atoms with Gasteiger partial charge in [0.1, 0.15) is 6.07 Å². The number of pyridine rings is 1. The van der Waals surface area contributed by atoms with Crippen LogP contribution in [0, 0.1) is 11.3 Å². The lowest BCUT2D eigenvalue weighted by atomic mass is 10.2. The van der Waals surface area contributed by atoms with Gasteiger partial charge in [-0.05, 0) is 0 Å². The molecule has 0 aromatic carbocycles. The van der Waals surface area contributed by atoms with Crippen LogP contribution < -0.4 is 10.5 Å². The molecule has 0 atom stereocenters. The maximum Gasteiger partial charge on any atom is 0.573 e. The van der Waals surface area contributed by atoms with Gasteiger partial charge in [0.25, 0.3) is 0 Å². The Kier molecular flexibility index (Phi) is 3.08. The van der Waals surface area contributed by atoms with Gasteiger partial charge < -0.3 is 15.6 Å². The van der Waals surface area contributed by atoms with Crippen LogP contribution in [0.15, 0.2) is 6.07 Å². The summed E-state index contributed by atoms with van der Waals surface area (Å²) < 4.78 is 39.2. The van der Waals surface area contributed by atoms with Crippen molar-refractivity contribution in [1.29, 1.82) is 5.26 Å². The molecule has 0 saturated heterocycles. The molecule has 0 radical (unpaired) electrons. The quantitative estimate of drug-likeness (QED) is 0.810. The van der Waals surface area contributed by atoms with Gasteiger partial charge in [-0.25, -0.2) is 9.78 Å². The predicted molar refractivity (Wildman–Crippen MR) is 47.0 cm³/mol. The number of hydrogen-bond donors (Lipinski definition) is 2. The monoisotopic (exact) mass is 247 g/mol. The topological polar surface area (TPSA) is 109 Å². The van der Waals surface area contributed by atoms with Crippen LogP contribution in [0.2, 0.25) is 0 Å². The van der Waals surface area contributed by atoms with Gasteiger partial charge in [0.15, 0.2) is 17.3 Å². The Morgan fingerprint density at radius 3 is 2.59 bits per heavy atom. The van der Waals surface area contributed by atoms with Crippen molar-refractivity contribution in [2.24, 2.45) is 0 Å². The Balaban J connectivity index is 3.31. The van der Waals surface area contributed by atoms with E-state index < -0.39 is 35.2 Å². The van der Waals surface area contributed by atoms with E-state index in [1.54, 1.807) is 0 Å². The van der Waals surface area contributed by atoms with Crippen LogP contribution in [0.1, 0.15) is 16.1 Å². The van der Waals surface area contributed by atoms with Crippen LogP contribution >= 0.6 is 0 Å². The minimum Gasteiger partial charge on any atom is -0.478 e. The van der Waals surface area contributed by atoms with Gasteiger partial charge in [-0.3, -0.25) is 0 Å². The highest BCUT2D eigenvalue weighted by Crippen LogP contribution is 2.28. The van der Waals surface area contributed by atoms with Crippen LogP contribution in [0.5, 0.6) is 5.75 Å². The van der Waals surface area contributed by atoms with Gasteiger partial charge in [-0.1, -0.05) is 0 Å². The van der Waals surface area contributed by atoms with Gasteiger partial charge in [-0.2, -0.15) is 5.26 Å². The number of nitrogens with two attached hydrogens (primary N) is 1. The van der Waals surface area contributed by atoms with Crippen LogP contribution in [0.3, 0.4) is 0 Å². The molecule has 0 spiro atoms. The molecule has 0 amide bonds. The van der Waals surface area contributed by atoms with Gasteiger partial charge >= 0.3 is 12.3 Å². The number of aromatic nitrogens is 1. The number of alkyl halides is 3. The van der Waals surface area contributed by atoms with E-state index in [1.165, 1.54) is 6.07 Å². The van der Waals surface area contributed by atoms with Crippen LogP contribution in [0.4, 0.5) is 19.0 Å². The Bertz CT molecular complexity index is 507. The summed E-state index contributed by atoms with van der Waals surface area (Å²) in [7, 11) is 0. The maximum absolute atomic E-state index is 11.9. The molecule has 1 heterocycles. The van der Waals surface area contributed by atoms with Gasteiger partial charge in [0.05, 0.1) is 5.56 Å². The lowest BCUT2D eigenvalue weighted by molar-refractivity contribution is -0.274. The number of halogens is 3. The number of carboxylic acids is 1. The molecule has 6 nitrogen and oxygen atoms in total. The second-order valence-electron chi connectivity index (χ2n) is 2.73. The number of carbonyl (C=O) groups is 1. The van der Waals surface area contributed by atoms with Crippen molar-refractivity contribution in [2.75, 3.05) is 5.73 Å². The van der Waals surface area contributed by atoms with Crippen LogP contribution in [-0.2, 0) is 0 Å². The van der Waals surface area contributed by atoms with E-state index in [2.05, 4.69) is 9.72 Å². The molecule has 1 aromatic heterocycles. The van der Waals surface area contributed by atoms with Crippen molar-refractivity contribution < 1.29 is 27.8 Å². The number of nitrogen functional groups attached to an aromatic ring is 1. The van der Waals surface area contributed by atoms with Crippen molar-refractivity contribution in [2.45, 2.75) is 6.36 Å². The molecule has 0 bridgehead atoms. The van der Waals surface area contributed by atoms with Crippen LogP contribution in [0.25, 0.3) is 0 Å². The van der Waals surface area contributed by atoms with Crippen LogP contribution in [-0.4, -0.2) is 22.4 Å². The molecule has 1 aromatic rings. The van der Waals surface area contributed by atoms with Crippen molar-refractivity contribution in [3.05, 3.63) is 17.3 Å². The fourth-order valence-electron chi connectivity index (χ4n) is 0.964. The Morgan fingerprint density at radius 1 is 1.59 bits per heavy atom. The fraction of sp³-hybridized carbons (Fsp3) is 0.125. The zero-order valence-electron chi connectivity index (χ0n) is 7.95. The van der Waals surface area contributed by atoms with Crippen molar-refractivity contribution in [3.63, 3.8) is 0 Å². The zero-order valence-corrected chi connectivity index (χ0v) is 7.95. The first-order chi connectivity index (χ1) is 7.74. The number of nitriles is 1. The highest BCUT2D eigenvalue weighted by atomic mass is 19.4. The zero-order chi connectivity index (χ0) is 13.2. The molecule has 0 aliphatic carbocycles. The standard InChI is InChI=1S/C8H4F3N3O3/c9-8(10,11)17-5-1-3(7(15)16)4(2-12)14-6(5)13/h1H,(H2,13,14)(H,15,16). The summed E-state index contributed by atoms with van der Waals surface area (Å²) in [5.41, 5.74) is 3.78.